The van der Waals surface area contributed by atoms with Gasteiger partial charge in [-0.1, -0.05) is 43.0 Å². The van der Waals surface area contributed by atoms with E-state index in [0.29, 0.717) is 29.7 Å². The molecule has 0 aliphatic rings. The molecule has 0 saturated carbocycles. The molecule has 5 nitrogen and oxygen atoms in total. The van der Waals surface area contributed by atoms with E-state index in [1.165, 1.54) is 0 Å². The van der Waals surface area contributed by atoms with Crippen molar-refractivity contribution in [3.8, 4) is 22.1 Å². The summed E-state index contributed by atoms with van der Waals surface area (Å²) in [6.45, 7) is 5.86. The Hall–Kier alpha value is -2.86. The zero-order chi connectivity index (χ0) is 17.6. The van der Waals surface area contributed by atoms with Crippen molar-refractivity contribution >= 4 is 17.3 Å². The van der Waals surface area contributed by atoms with E-state index < -0.39 is 5.97 Å². The van der Waals surface area contributed by atoms with Crippen LogP contribution >= 0.6 is 11.3 Å². The molecule has 0 spiro atoms. The fourth-order valence-electron chi connectivity index (χ4n) is 2.23. The van der Waals surface area contributed by atoms with Crippen molar-refractivity contribution < 1.29 is 9.53 Å². The average Bonchev–Trinajstić information content (AvgIpc) is 3.17. The second-order valence-electron chi connectivity index (χ2n) is 5.24. The van der Waals surface area contributed by atoms with Gasteiger partial charge in [-0.3, -0.25) is 0 Å². The van der Waals surface area contributed by atoms with Crippen molar-refractivity contribution in [2.75, 3.05) is 6.61 Å². The number of carbonyl (C=O) groups excluding carboxylic acids is 1. The molecular weight excluding hydrogens is 334 g/mol. The second kappa shape index (κ2) is 7.81. The maximum atomic E-state index is 11.8. The molecule has 0 bridgehead atoms. The number of nitrogens with zero attached hydrogens (tertiary/aromatic N) is 3. The van der Waals surface area contributed by atoms with E-state index in [4.69, 9.17) is 4.74 Å². The van der Waals surface area contributed by atoms with Crippen LogP contribution in [0.1, 0.15) is 12.7 Å². The summed E-state index contributed by atoms with van der Waals surface area (Å²) >= 11 is 1.56. The van der Waals surface area contributed by atoms with E-state index >= 15 is 0 Å². The molecule has 3 aromatic rings. The maximum absolute atomic E-state index is 11.8. The lowest BCUT2D eigenvalue weighted by molar-refractivity contribution is -0.138. The lowest BCUT2D eigenvalue weighted by atomic mass is 10.2. The number of carbonyl (C=O) groups is 1. The molecule has 0 amide bonds. The van der Waals surface area contributed by atoms with Gasteiger partial charge >= 0.3 is 5.97 Å². The second-order valence-corrected chi connectivity index (χ2v) is 6.19. The van der Waals surface area contributed by atoms with Gasteiger partial charge in [-0.15, -0.1) is 11.3 Å². The molecule has 6 heteroatoms. The van der Waals surface area contributed by atoms with E-state index in [1.807, 2.05) is 47.8 Å². The number of benzene rings is 1. The molecule has 0 N–H and O–H groups in total. The summed E-state index contributed by atoms with van der Waals surface area (Å²) in [5, 5.41) is 1.97. The number of rotatable bonds is 6. The van der Waals surface area contributed by atoms with Crippen LogP contribution < -0.4 is 0 Å². The standard InChI is InChI=1S/C19H17N3O2S/c1-3-24-19(23)13(2)12-16-20-17(14-8-5-4-6-9-14)22-18(21-16)15-10-7-11-25-15/h4-11H,2-3,12H2,1H3. The van der Waals surface area contributed by atoms with E-state index in [9.17, 15) is 4.79 Å². The molecule has 126 valence electrons. The minimum atomic E-state index is -0.429. The number of thiophene rings is 1. The Morgan fingerprint density at radius 3 is 2.52 bits per heavy atom. The molecule has 2 aromatic heterocycles. The van der Waals surface area contributed by atoms with Crippen LogP contribution in [-0.4, -0.2) is 27.5 Å². The van der Waals surface area contributed by atoms with Gasteiger partial charge in [0.1, 0.15) is 5.82 Å². The molecule has 0 atom stereocenters. The molecule has 0 aliphatic heterocycles. The summed E-state index contributed by atoms with van der Waals surface area (Å²) in [7, 11) is 0. The van der Waals surface area contributed by atoms with Crippen molar-refractivity contribution in [2.45, 2.75) is 13.3 Å². The van der Waals surface area contributed by atoms with Gasteiger partial charge in [0.25, 0.3) is 0 Å². The molecule has 25 heavy (non-hydrogen) atoms. The van der Waals surface area contributed by atoms with E-state index in [-0.39, 0.29) is 6.42 Å². The van der Waals surface area contributed by atoms with Crippen LogP contribution in [0, 0.1) is 0 Å². The highest BCUT2D eigenvalue weighted by Crippen LogP contribution is 2.24. The molecule has 1 aromatic carbocycles. The fraction of sp³-hybridized carbons (Fsp3) is 0.158. The van der Waals surface area contributed by atoms with Crippen LogP contribution in [-0.2, 0) is 16.0 Å². The zero-order valence-electron chi connectivity index (χ0n) is 13.8. The topological polar surface area (TPSA) is 65.0 Å². The van der Waals surface area contributed by atoms with Gasteiger partial charge in [-0.05, 0) is 18.4 Å². The minimum absolute atomic E-state index is 0.222. The monoisotopic (exact) mass is 351 g/mol. The molecular formula is C19H17N3O2S. The number of aromatic nitrogens is 3. The highest BCUT2D eigenvalue weighted by Gasteiger charge is 2.15. The highest BCUT2D eigenvalue weighted by atomic mass is 32.1. The Bertz CT molecular complexity index is 877. The van der Waals surface area contributed by atoms with Gasteiger partial charge < -0.3 is 4.74 Å². The van der Waals surface area contributed by atoms with Crippen LogP contribution in [0.2, 0.25) is 0 Å². The number of hydrogen-bond acceptors (Lipinski definition) is 6. The van der Waals surface area contributed by atoms with Crippen molar-refractivity contribution in [1.29, 1.82) is 0 Å². The van der Waals surface area contributed by atoms with Gasteiger partial charge in [0.15, 0.2) is 11.6 Å². The summed E-state index contributed by atoms with van der Waals surface area (Å²) in [5.41, 5.74) is 1.22. The molecule has 0 aliphatic carbocycles. The van der Waals surface area contributed by atoms with Crippen LogP contribution in [0.25, 0.3) is 22.1 Å². The summed E-state index contributed by atoms with van der Waals surface area (Å²) < 4.78 is 4.99. The van der Waals surface area contributed by atoms with Gasteiger partial charge in [0, 0.05) is 17.6 Å². The first kappa shape index (κ1) is 17.0. The van der Waals surface area contributed by atoms with Crippen molar-refractivity contribution in [3.05, 3.63) is 65.8 Å². The predicted octanol–water partition coefficient (Wildman–Crippen LogP) is 3.93. The summed E-state index contributed by atoms with van der Waals surface area (Å²) in [5.74, 6) is 1.23. The van der Waals surface area contributed by atoms with Gasteiger partial charge in [-0.2, -0.15) is 0 Å². The average molecular weight is 351 g/mol. The Labute approximate surface area is 150 Å². The van der Waals surface area contributed by atoms with Gasteiger partial charge in [0.2, 0.25) is 0 Å². The van der Waals surface area contributed by atoms with E-state index in [1.54, 1.807) is 18.3 Å². The van der Waals surface area contributed by atoms with Gasteiger partial charge in [0.05, 0.1) is 11.5 Å². The molecule has 0 fully saturated rings. The van der Waals surface area contributed by atoms with Crippen molar-refractivity contribution in [3.63, 3.8) is 0 Å². The Balaban J connectivity index is 1.98. The summed E-state index contributed by atoms with van der Waals surface area (Å²) in [6, 6.07) is 13.6. The maximum Gasteiger partial charge on any atom is 0.333 e. The van der Waals surface area contributed by atoms with Crippen molar-refractivity contribution in [2.24, 2.45) is 0 Å². The van der Waals surface area contributed by atoms with E-state index in [0.717, 1.165) is 10.4 Å². The van der Waals surface area contributed by atoms with Crippen LogP contribution in [0.5, 0.6) is 0 Å². The summed E-state index contributed by atoms with van der Waals surface area (Å²) in [4.78, 5) is 26.4. The Morgan fingerprint density at radius 2 is 1.84 bits per heavy atom. The van der Waals surface area contributed by atoms with Crippen LogP contribution in [0.3, 0.4) is 0 Å². The number of hydrogen-bond donors (Lipinski definition) is 0. The third kappa shape index (κ3) is 4.16. The summed E-state index contributed by atoms with van der Waals surface area (Å²) in [6.07, 6.45) is 0.222. The predicted molar refractivity (Wildman–Crippen MR) is 98.1 cm³/mol. The third-order valence-corrected chi connectivity index (χ3v) is 4.26. The Kier molecular flexibility index (Phi) is 5.30. The van der Waals surface area contributed by atoms with Crippen LogP contribution in [0.15, 0.2) is 60.0 Å². The lowest BCUT2D eigenvalue weighted by Gasteiger charge is -2.08. The zero-order valence-corrected chi connectivity index (χ0v) is 14.6. The number of esters is 1. The molecule has 2 heterocycles. The molecule has 0 radical (unpaired) electrons. The van der Waals surface area contributed by atoms with Crippen LogP contribution in [0.4, 0.5) is 0 Å². The first-order valence-electron chi connectivity index (χ1n) is 7.86. The Morgan fingerprint density at radius 1 is 1.08 bits per heavy atom. The quantitative estimate of drug-likeness (QED) is 0.497. The molecule has 0 saturated heterocycles. The van der Waals surface area contributed by atoms with Gasteiger partial charge in [-0.25, -0.2) is 19.7 Å². The van der Waals surface area contributed by atoms with Crippen molar-refractivity contribution in [1.82, 2.24) is 15.0 Å². The third-order valence-electron chi connectivity index (χ3n) is 3.39. The first-order valence-corrected chi connectivity index (χ1v) is 8.74. The smallest absolute Gasteiger partial charge is 0.333 e. The highest BCUT2D eigenvalue weighted by molar-refractivity contribution is 7.13. The largest absolute Gasteiger partial charge is 0.463 e. The fourth-order valence-corrected chi connectivity index (χ4v) is 2.88. The van der Waals surface area contributed by atoms with E-state index in [2.05, 4.69) is 21.5 Å². The minimum Gasteiger partial charge on any atom is -0.463 e. The first-order chi connectivity index (χ1) is 12.2. The number of ether oxygens (including phenoxy) is 1. The SMILES string of the molecule is C=C(Cc1nc(-c2ccccc2)nc(-c2cccs2)n1)C(=O)OCC. The lowest BCUT2D eigenvalue weighted by Crippen LogP contribution is -2.11. The normalized spacial score (nSPS) is 10.4. The molecule has 3 rings (SSSR count). The molecule has 0 unspecified atom stereocenters.